The van der Waals surface area contributed by atoms with Gasteiger partial charge < -0.3 is 15.1 Å². The van der Waals surface area contributed by atoms with Gasteiger partial charge in [-0.05, 0) is 55.3 Å². The van der Waals surface area contributed by atoms with E-state index in [9.17, 15) is 18.0 Å². The van der Waals surface area contributed by atoms with Crippen LogP contribution >= 0.6 is 11.8 Å². The van der Waals surface area contributed by atoms with Gasteiger partial charge in [-0.2, -0.15) is 18.2 Å². The molecule has 0 radical (unpaired) electrons. The quantitative estimate of drug-likeness (QED) is 0.846. The minimum Gasteiger partial charge on any atom is -0.439 e. The summed E-state index contributed by atoms with van der Waals surface area (Å²) >= 11 is 0.968. The first-order valence-electron chi connectivity index (χ1n) is 8.26. The average molecular weight is 383 g/mol. The van der Waals surface area contributed by atoms with Gasteiger partial charge in [0.2, 0.25) is 0 Å². The van der Waals surface area contributed by atoms with E-state index < -0.39 is 11.9 Å². The van der Waals surface area contributed by atoms with Crippen molar-refractivity contribution in [2.24, 2.45) is 0 Å². The Kier molecular flexibility index (Phi) is 4.44. The van der Waals surface area contributed by atoms with E-state index in [1.54, 1.807) is 24.3 Å². The van der Waals surface area contributed by atoms with Gasteiger partial charge in [-0.25, -0.2) is 0 Å². The van der Waals surface area contributed by atoms with Gasteiger partial charge in [0, 0.05) is 28.6 Å². The van der Waals surface area contributed by atoms with Crippen molar-refractivity contribution in [2.75, 3.05) is 0 Å². The maximum atomic E-state index is 12.5. The van der Waals surface area contributed by atoms with Gasteiger partial charge in [0.25, 0.3) is 11.1 Å². The van der Waals surface area contributed by atoms with Gasteiger partial charge >= 0.3 is 6.18 Å². The second-order valence-corrected chi connectivity index (χ2v) is 7.51. The number of rotatable bonds is 4. The summed E-state index contributed by atoms with van der Waals surface area (Å²) in [6.45, 7) is 0. The molecule has 2 aromatic rings. The van der Waals surface area contributed by atoms with Crippen molar-refractivity contribution in [2.45, 2.75) is 53.7 Å². The van der Waals surface area contributed by atoms with Crippen LogP contribution < -0.4 is 10.6 Å². The van der Waals surface area contributed by atoms with Crippen LogP contribution in [0.15, 0.2) is 45.1 Å². The van der Waals surface area contributed by atoms with Crippen LogP contribution in [-0.2, 0) is 6.18 Å². The fourth-order valence-electron chi connectivity index (χ4n) is 3.44. The summed E-state index contributed by atoms with van der Waals surface area (Å²) in [5.41, 5.74) is -0.545. The third-order valence-electron chi connectivity index (χ3n) is 4.71. The Morgan fingerprint density at radius 3 is 2.62 bits per heavy atom. The van der Waals surface area contributed by atoms with Crippen molar-refractivity contribution in [1.82, 2.24) is 15.6 Å². The summed E-state index contributed by atoms with van der Waals surface area (Å²) < 4.78 is 42.4. The van der Waals surface area contributed by atoms with Gasteiger partial charge in [-0.1, -0.05) is 0 Å². The first-order valence-corrected chi connectivity index (χ1v) is 9.08. The monoisotopic (exact) mass is 383 g/mol. The fourth-order valence-corrected chi connectivity index (χ4v) is 4.16. The molecular formula is C17H16F3N3O2S. The summed E-state index contributed by atoms with van der Waals surface area (Å²) in [6.07, 6.45) is -0.733. The minimum absolute atomic E-state index is 0.0948. The molecule has 1 aromatic heterocycles. The Hall–Kier alpha value is -2.00. The molecular weight excluding hydrogens is 367 g/mol. The highest BCUT2D eigenvalue weighted by molar-refractivity contribution is 7.99. The maximum absolute atomic E-state index is 12.5. The van der Waals surface area contributed by atoms with E-state index in [4.69, 9.17) is 4.42 Å². The zero-order chi connectivity index (χ0) is 18.3. The number of benzene rings is 1. The number of alkyl halides is 3. The number of nitrogens with one attached hydrogen (secondary N) is 2. The molecule has 1 amide bonds. The molecule has 2 saturated heterocycles. The molecule has 2 bridgehead atoms. The molecule has 26 heavy (non-hydrogen) atoms. The topological polar surface area (TPSA) is 67.2 Å². The largest absolute Gasteiger partial charge is 0.439 e. The third kappa shape index (κ3) is 3.59. The fraction of sp³-hybridized carbons (Fsp3) is 0.412. The smallest absolute Gasteiger partial charge is 0.436 e. The van der Waals surface area contributed by atoms with E-state index in [1.807, 2.05) is 0 Å². The Morgan fingerprint density at radius 1 is 1.27 bits per heavy atom. The van der Waals surface area contributed by atoms with Gasteiger partial charge in [-0.15, -0.1) is 0 Å². The number of aromatic nitrogens is 1. The van der Waals surface area contributed by atoms with Crippen LogP contribution in [0.2, 0.25) is 0 Å². The van der Waals surface area contributed by atoms with Crippen molar-refractivity contribution >= 4 is 17.7 Å². The molecule has 3 heterocycles. The highest BCUT2D eigenvalue weighted by atomic mass is 32.2. The van der Waals surface area contributed by atoms with Crippen molar-refractivity contribution in [3.63, 3.8) is 0 Å². The number of oxazole rings is 1. The van der Waals surface area contributed by atoms with Crippen LogP contribution in [0.25, 0.3) is 0 Å². The highest BCUT2D eigenvalue weighted by Gasteiger charge is 2.39. The molecule has 3 atom stereocenters. The van der Waals surface area contributed by atoms with Crippen molar-refractivity contribution in [1.29, 1.82) is 0 Å². The predicted octanol–water partition coefficient (Wildman–Crippen LogP) is 3.47. The lowest BCUT2D eigenvalue weighted by atomic mass is 9.95. The second kappa shape index (κ2) is 6.62. The molecule has 0 saturated carbocycles. The molecule has 5 nitrogen and oxygen atoms in total. The molecule has 0 unspecified atom stereocenters. The van der Waals surface area contributed by atoms with Crippen molar-refractivity contribution < 1.29 is 22.4 Å². The van der Waals surface area contributed by atoms with Gasteiger partial charge in [0.1, 0.15) is 6.26 Å². The van der Waals surface area contributed by atoms with Gasteiger partial charge in [0.05, 0.1) is 0 Å². The van der Waals surface area contributed by atoms with E-state index in [2.05, 4.69) is 15.6 Å². The molecule has 1 aromatic carbocycles. The number of carbonyl (C=O) groups excluding carboxylic acids is 1. The summed E-state index contributed by atoms with van der Waals surface area (Å²) in [6, 6.07) is 7.63. The van der Waals surface area contributed by atoms with E-state index in [1.165, 1.54) is 6.42 Å². The van der Waals surface area contributed by atoms with E-state index in [0.29, 0.717) is 28.8 Å². The standard InChI is InChI=1S/C17H16F3N3O2S/c18-17(19,20)14-8-25-16(23-14)26-11-4-1-9(2-5-11)15(24)22-13-7-10-3-6-12(13)21-10/h1-2,4-5,8,10,12-13,21H,3,6-7H2,(H,22,24)/t10-,12+,13-/m1/s1. The van der Waals surface area contributed by atoms with Crippen LogP contribution in [0.5, 0.6) is 0 Å². The zero-order valence-electron chi connectivity index (χ0n) is 13.5. The number of carbonyl (C=O) groups is 1. The molecule has 2 fully saturated rings. The minimum atomic E-state index is -4.53. The molecule has 9 heteroatoms. The van der Waals surface area contributed by atoms with Crippen LogP contribution in [0.3, 0.4) is 0 Å². The zero-order valence-corrected chi connectivity index (χ0v) is 14.4. The Labute approximate surface area is 151 Å². The van der Waals surface area contributed by atoms with E-state index in [0.717, 1.165) is 24.6 Å². The van der Waals surface area contributed by atoms with Crippen molar-refractivity contribution in [3.05, 3.63) is 41.8 Å². The van der Waals surface area contributed by atoms with Crippen LogP contribution in [0.4, 0.5) is 13.2 Å². The molecule has 0 spiro atoms. The molecule has 0 aliphatic carbocycles. The van der Waals surface area contributed by atoms with E-state index >= 15 is 0 Å². The van der Waals surface area contributed by atoms with Gasteiger partial charge in [-0.3, -0.25) is 4.79 Å². The maximum Gasteiger partial charge on any atom is 0.436 e. The molecule has 2 N–H and O–H groups in total. The number of hydrogen-bond acceptors (Lipinski definition) is 5. The number of nitrogens with zero attached hydrogens (tertiary/aromatic N) is 1. The molecule has 2 aliphatic heterocycles. The Morgan fingerprint density at radius 2 is 2.04 bits per heavy atom. The lowest BCUT2D eigenvalue weighted by Crippen LogP contribution is -2.42. The number of fused-ring (bicyclic) bond motifs is 2. The number of amides is 1. The predicted molar refractivity (Wildman–Crippen MR) is 87.9 cm³/mol. The summed E-state index contributed by atoms with van der Waals surface area (Å²) in [4.78, 5) is 16.4. The number of halogens is 3. The van der Waals surface area contributed by atoms with Crippen LogP contribution in [-0.4, -0.2) is 29.0 Å². The first-order chi connectivity index (χ1) is 12.4. The SMILES string of the molecule is O=C(N[C@@H]1C[C@H]2CC[C@@H]1N2)c1ccc(Sc2nc(C(F)(F)F)co2)cc1. The average Bonchev–Trinajstić information content (AvgIpc) is 3.31. The van der Waals surface area contributed by atoms with E-state index in [-0.39, 0.29) is 17.2 Å². The summed E-state index contributed by atoms with van der Waals surface area (Å²) in [5.74, 6) is -0.142. The number of hydrogen-bond donors (Lipinski definition) is 2. The molecule has 4 rings (SSSR count). The lowest BCUT2D eigenvalue weighted by molar-refractivity contribution is -0.141. The normalized spacial score (nSPS) is 24.8. The first kappa shape index (κ1) is 17.4. The van der Waals surface area contributed by atoms with Crippen LogP contribution in [0, 0.1) is 0 Å². The third-order valence-corrected chi connectivity index (χ3v) is 5.58. The highest BCUT2D eigenvalue weighted by Crippen LogP contribution is 2.33. The molecule has 2 aliphatic rings. The van der Waals surface area contributed by atoms with Crippen molar-refractivity contribution in [3.8, 4) is 0 Å². The molecule has 138 valence electrons. The Balaban J connectivity index is 1.37. The summed E-state index contributed by atoms with van der Waals surface area (Å²) in [7, 11) is 0. The Bertz CT molecular complexity index is 806. The second-order valence-electron chi connectivity index (χ2n) is 6.49. The lowest BCUT2D eigenvalue weighted by Gasteiger charge is -2.21. The summed E-state index contributed by atoms with van der Waals surface area (Å²) in [5, 5.41) is 6.42. The van der Waals surface area contributed by atoms with Gasteiger partial charge in [0.15, 0.2) is 5.69 Å². The van der Waals surface area contributed by atoms with Crippen LogP contribution in [0.1, 0.15) is 35.3 Å².